The number of hydrogen-bond acceptors (Lipinski definition) is 6. The first-order chi connectivity index (χ1) is 10.6. The van der Waals surface area contributed by atoms with Crippen LogP contribution in [0.25, 0.3) is 0 Å². The fourth-order valence-corrected chi connectivity index (χ4v) is 2.49. The van der Waals surface area contributed by atoms with Gasteiger partial charge in [0.05, 0.1) is 10.7 Å². The van der Waals surface area contributed by atoms with E-state index in [0.29, 0.717) is 16.8 Å². The number of non-ortho nitro benzene ring substituents is 1. The Bertz CT molecular complexity index is 713. The minimum atomic E-state index is -0.503. The summed E-state index contributed by atoms with van der Waals surface area (Å²) in [6.07, 6.45) is 2.26. The van der Waals surface area contributed by atoms with Gasteiger partial charge in [0.1, 0.15) is 5.82 Å². The number of aromatic amines is 1. The van der Waals surface area contributed by atoms with Crippen LogP contribution in [0, 0.1) is 10.1 Å². The van der Waals surface area contributed by atoms with Crippen LogP contribution in [0.3, 0.4) is 0 Å². The molecule has 3 rings (SSSR count). The highest BCUT2D eigenvalue weighted by Crippen LogP contribution is 2.38. The van der Waals surface area contributed by atoms with Gasteiger partial charge in [-0.05, 0) is 18.9 Å². The van der Waals surface area contributed by atoms with Crippen LogP contribution in [0.15, 0.2) is 29.4 Å². The van der Waals surface area contributed by atoms with Crippen molar-refractivity contribution in [1.29, 1.82) is 0 Å². The molecule has 1 amide bonds. The van der Waals surface area contributed by atoms with Gasteiger partial charge in [-0.15, -0.1) is 5.10 Å². The summed E-state index contributed by atoms with van der Waals surface area (Å²) >= 11 is 1.22. The van der Waals surface area contributed by atoms with Crippen LogP contribution in [0.1, 0.15) is 24.6 Å². The smallest absolute Gasteiger partial charge is 0.271 e. The topological polar surface area (TPSA) is 114 Å². The standard InChI is InChI=1S/C13H13N5O3S/c19-11(14-9-2-1-3-10(6-9)18(20)21)7-22-13-15-12(16-17-13)8-4-5-8/h1-3,6,8H,4-5,7H2,(H,14,19)(H,15,16,17). The lowest BCUT2D eigenvalue weighted by Gasteiger charge is -2.03. The lowest BCUT2D eigenvalue weighted by Crippen LogP contribution is -2.14. The van der Waals surface area contributed by atoms with Crippen LogP contribution < -0.4 is 5.32 Å². The number of H-pyrrole nitrogens is 1. The minimum absolute atomic E-state index is 0.0616. The molecule has 0 bridgehead atoms. The summed E-state index contributed by atoms with van der Waals surface area (Å²) in [6.45, 7) is 0. The zero-order valence-electron chi connectivity index (χ0n) is 11.5. The highest BCUT2D eigenvalue weighted by atomic mass is 32.2. The van der Waals surface area contributed by atoms with Crippen LogP contribution in [0.2, 0.25) is 0 Å². The van der Waals surface area contributed by atoms with Gasteiger partial charge in [-0.2, -0.15) is 0 Å². The van der Waals surface area contributed by atoms with E-state index >= 15 is 0 Å². The Morgan fingerprint density at radius 3 is 3.05 bits per heavy atom. The fourth-order valence-electron chi connectivity index (χ4n) is 1.89. The first-order valence-corrected chi connectivity index (χ1v) is 7.70. The van der Waals surface area contributed by atoms with Crippen molar-refractivity contribution < 1.29 is 9.72 Å². The predicted molar refractivity (Wildman–Crippen MR) is 80.8 cm³/mol. The molecular formula is C13H13N5O3S. The molecule has 0 unspecified atom stereocenters. The van der Waals surface area contributed by atoms with Gasteiger partial charge in [0.15, 0.2) is 0 Å². The third kappa shape index (κ3) is 3.61. The number of aromatic nitrogens is 3. The van der Waals surface area contributed by atoms with E-state index in [1.165, 1.54) is 30.0 Å². The van der Waals surface area contributed by atoms with Gasteiger partial charge in [-0.25, -0.2) is 4.98 Å². The summed E-state index contributed by atoms with van der Waals surface area (Å²) in [5.41, 5.74) is 0.335. The van der Waals surface area contributed by atoms with Crippen molar-refractivity contribution in [3.8, 4) is 0 Å². The maximum absolute atomic E-state index is 11.9. The van der Waals surface area contributed by atoms with Crippen molar-refractivity contribution in [2.45, 2.75) is 23.9 Å². The number of nitro benzene ring substituents is 1. The quantitative estimate of drug-likeness (QED) is 0.480. The molecule has 1 fully saturated rings. The van der Waals surface area contributed by atoms with E-state index in [0.717, 1.165) is 18.7 Å². The highest BCUT2D eigenvalue weighted by molar-refractivity contribution is 7.99. The first-order valence-electron chi connectivity index (χ1n) is 6.71. The van der Waals surface area contributed by atoms with Crippen molar-refractivity contribution in [1.82, 2.24) is 15.2 Å². The normalized spacial score (nSPS) is 13.8. The third-order valence-electron chi connectivity index (χ3n) is 3.12. The number of carbonyl (C=O) groups excluding carboxylic acids is 1. The molecular weight excluding hydrogens is 306 g/mol. The molecule has 0 radical (unpaired) electrons. The van der Waals surface area contributed by atoms with E-state index in [4.69, 9.17) is 0 Å². The molecule has 8 nitrogen and oxygen atoms in total. The van der Waals surface area contributed by atoms with Crippen molar-refractivity contribution in [3.63, 3.8) is 0 Å². The molecule has 0 atom stereocenters. The van der Waals surface area contributed by atoms with Gasteiger partial charge in [0.25, 0.3) is 5.69 Å². The van der Waals surface area contributed by atoms with Crippen molar-refractivity contribution in [2.75, 3.05) is 11.1 Å². The molecule has 1 saturated carbocycles. The van der Waals surface area contributed by atoms with E-state index < -0.39 is 4.92 Å². The second kappa shape index (κ2) is 6.14. The Hall–Kier alpha value is -2.42. The molecule has 0 aliphatic heterocycles. The monoisotopic (exact) mass is 319 g/mol. The number of nitro groups is 1. The van der Waals surface area contributed by atoms with Gasteiger partial charge >= 0.3 is 0 Å². The lowest BCUT2D eigenvalue weighted by molar-refractivity contribution is -0.384. The van der Waals surface area contributed by atoms with E-state index in [9.17, 15) is 14.9 Å². The Balaban J connectivity index is 1.53. The zero-order valence-corrected chi connectivity index (χ0v) is 12.3. The van der Waals surface area contributed by atoms with E-state index in [1.807, 2.05) is 0 Å². The number of carbonyl (C=O) groups is 1. The predicted octanol–water partition coefficient (Wildman–Crippen LogP) is 2.32. The minimum Gasteiger partial charge on any atom is -0.325 e. The van der Waals surface area contributed by atoms with Crippen molar-refractivity contribution >= 4 is 29.0 Å². The molecule has 9 heteroatoms. The average Bonchev–Trinajstić information content (AvgIpc) is 3.24. The Morgan fingerprint density at radius 2 is 2.32 bits per heavy atom. The number of thioether (sulfide) groups is 1. The van der Waals surface area contributed by atoms with Crippen LogP contribution in [-0.2, 0) is 4.79 Å². The van der Waals surface area contributed by atoms with Crippen molar-refractivity contribution in [3.05, 3.63) is 40.2 Å². The Morgan fingerprint density at radius 1 is 1.50 bits per heavy atom. The maximum Gasteiger partial charge on any atom is 0.271 e. The van der Waals surface area contributed by atoms with Gasteiger partial charge in [0.2, 0.25) is 11.1 Å². The number of anilines is 1. The number of nitrogens with one attached hydrogen (secondary N) is 2. The second-order valence-corrected chi connectivity index (χ2v) is 5.86. The first kappa shape index (κ1) is 14.5. The molecule has 1 aromatic heterocycles. The number of benzene rings is 1. The SMILES string of the molecule is O=C(CSc1n[nH]c(C2CC2)n1)Nc1cccc([N+](=O)[O-])c1. The van der Waals surface area contributed by atoms with Gasteiger partial charge in [0, 0.05) is 23.7 Å². The summed E-state index contributed by atoms with van der Waals surface area (Å²) in [7, 11) is 0. The number of rotatable bonds is 6. The maximum atomic E-state index is 11.9. The molecule has 1 aliphatic carbocycles. The molecule has 2 N–H and O–H groups in total. The highest BCUT2D eigenvalue weighted by Gasteiger charge is 2.27. The summed E-state index contributed by atoms with van der Waals surface area (Å²) in [5.74, 6) is 1.25. The van der Waals surface area contributed by atoms with E-state index in [2.05, 4.69) is 20.5 Å². The molecule has 1 aliphatic rings. The fraction of sp³-hybridized carbons (Fsp3) is 0.308. The Kier molecular flexibility index (Phi) is 4.05. The number of amides is 1. The van der Waals surface area contributed by atoms with Crippen LogP contribution >= 0.6 is 11.8 Å². The molecule has 0 spiro atoms. The van der Waals surface area contributed by atoms with E-state index in [-0.39, 0.29) is 17.3 Å². The number of hydrogen-bond donors (Lipinski definition) is 2. The summed E-state index contributed by atoms with van der Waals surface area (Å²) in [6, 6.07) is 5.82. The van der Waals surface area contributed by atoms with Crippen LogP contribution in [0.5, 0.6) is 0 Å². The zero-order chi connectivity index (χ0) is 15.5. The van der Waals surface area contributed by atoms with Gasteiger partial charge < -0.3 is 5.32 Å². The number of nitrogens with zero attached hydrogens (tertiary/aromatic N) is 3. The Labute approximate surface area is 129 Å². The summed E-state index contributed by atoms with van der Waals surface area (Å²) < 4.78 is 0. The van der Waals surface area contributed by atoms with Gasteiger partial charge in [-0.3, -0.25) is 20.0 Å². The summed E-state index contributed by atoms with van der Waals surface area (Å²) in [5, 5.41) is 20.8. The second-order valence-electron chi connectivity index (χ2n) is 4.92. The molecule has 0 saturated heterocycles. The largest absolute Gasteiger partial charge is 0.325 e. The summed E-state index contributed by atoms with van der Waals surface area (Å²) in [4.78, 5) is 26.3. The molecule has 22 heavy (non-hydrogen) atoms. The van der Waals surface area contributed by atoms with E-state index in [1.54, 1.807) is 6.07 Å². The molecule has 1 heterocycles. The third-order valence-corrected chi connectivity index (χ3v) is 3.97. The van der Waals surface area contributed by atoms with Gasteiger partial charge in [-0.1, -0.05) is 17.8 Å². The molecule has 114 valence electrons. The molecule has 2 aromatic rings. The molecule has 1 aromatic carbocycles. The van der Waals surface area contributed by atoms with Crippen molar-refractivity contribution in [2.24, 2.45) is 0 Å². The van der Waals surface area contributed by atoms with Crippen LogP contribution in [0.4, 0.5) is 11.4 Å². The average molecular weight is 319 g/mol. The van der Waals surface area contributed by atoms with Crippen LogP contribution in [-0.4, -0.2) is 31.8 Å². The lowest BCUT2D eigenvalue weighted by atomic mass is 10.3.